The third-order valence-corrected chi connectivity index (χ3v) is 4.93. The molecule has 1 aliphatic rings. The monoisotopic (exact) mass is 366 g/mol. The van der Waals surface area contributed by atoms with E-state index < -0.39 is 0 Å². The van der Waals surface area contributed by atoms with E-state index in [1.807, 2.05) is 41.2 Å². The fraction of sp³-hybridized carbons (Fsp3) is 0.333. The predicted octanol–water partition coefficient (Wildman–Crippen LogP) is 3.93. The predicted molar refractivity (Wildman–Crippen MR) is 102 cm³/mol. The number of likely N-dealkylation sites (tertiary alicyclic amines) is 1. The van der Waals surface area contributed by atoms with E-state index in [1.165, 1.54) is 18.6 Å². The number of piperidine rings is 1. The molecule has 1 atom stereocenters. The number of benzene rings is 2. The summed E-state index contributed by atoms with van der Waals surface area (Å²) in [6, 6.07) is 14.6. The van der Waals surface area contributed by atoms with Gasteiger partial charge < -0.3 is 9.64 Å². The van der Waals surface area contributed by atoms with Gasteiger partial charge in [-0.25, -0.2) is 9.07 Å². The fourth-order valence-corrected chi connectivity index (χ4v) is 3.53. The smallest absolute Gasteiger partial charge is 0.129 e. The molecule has 0 radical (unpaired) electrons. The number of rotatable bonds is 5. The van der Waals surface area contributed by atoms with Gasteiger partial charge in [0, 0.05) is 12.1 Å². The third kappa shape index (κ3) is 4.17. The van der Waals surface area contributed by atoms with Crippen LogP contribution in [0.25, 0.3) is 11.3 Å². The Morgan fingerprint density at radius 2 is 2.07 bits per heavy atom. The minimum atomic E-state index is -0.259. The van der Waals surface area contributed by atoms with Gasteiger partial charge in [-0.1, -0.05) is 29.5 Å². The molecule has 0 aliphatic carbocycles. The van der Waals surface area contributed by atoms with E-state index in [0.29, 0.717) is 12.6 Å². The lowest BCUT2D eigenvalue weighted by Gasteiger charge is -2.29. The lowest BCUT2D eigenvalue weighted by molar-refractivity contribution is 0.201. The SMILES string of the molecule is CN1CCCC(n2cc(-c3ccccc3OCc3cccc(F)c3)nn2)C1. The van der Waals surface area contributed by atoms with Crippen LogP contribution in [-0.2, 0) is 6.61 Å². The second kappa shape index (κ2) is 7.88. The first-order chi connectivity index (χ1) is 13.2. The van der Waals surface area contributed by atoms with Gasteiger partial charge in [0.15, 0.2) is 0 Å². The van der Waals surface area contributed by atoms with Gasteiger partial charge in [0.05, 0.1) is 12.2 Å². The van der Waals surface area contributed by atoms with Gasteiger partial charge in [0.1, 0.15) is 23.9 Å². The van der Waals surface area contributed by atoms with Crippen molar-refractivity contribution in [3.63, 3.8) is 0 Å². The van der Waals surface area contributed by atoms with Crippen LogP contribution in [0.4, 0.5) is 4.39 Å². The number of likely N-dealkylation sites (N-methyl/N-ethyl adjacent to an activating group) is 1. The van der Waals surface area contributed by atoms with Gasteiger partial charge in [0.2, 0.25) is 0 Å². The molecule has 1 aromatic heterocycles. The molecule has 0 amide bonds. The number of ether oxygens (including phenoxy) is 1. The lowest BCUT2D eigenvalue weighted by atomic mass is 10.1. The summed E-state index contributed by atoms with van der Waals surface area (Å²) in [5.41, 5.74) is 2.47. The van der Waals surface area contributed by atoms with E-state index in [-0.39, 0.29) is 5.82 Å². The zero-order valence-corrected chi connectivity index (χ0v) is 15.4. The van der Waals surface area contributed by atoms with Crippen molar-refractivity contribution in [3.8, 4) is 17.0 Å². The molecular weight excluding hydrogens is 343 g/mol. The molecule has 3 aromatic rings. The van der Waals surface area contributed by atoms with Gasteiger partial charge in [0.25, 0.3) is 0 Å². The summed E-state index contributed by atoms with van der Waals surface area (Å²) in [6.45, 7) is 2.42. The van der Waals surface area contributed by atoms with Crippen LogP contribution < -0.4 is 4.74 Å². The molecule has 2 heterocycles. The number of hydrogen-bond donors (Lipinski definition) is 0. The number of nitrogens with zero attached hydrogens (tertiary/aromatic N) is 4. The maximum atomic E-state index is 13.4. The van der Waals surface area contributed by atoms with Crippen molar-refractivity contribution in [2.24, 2.45) is 0 Å². The molecule has 140 valence electrons. The zero-order valence-electron chi connectivity index (χ0n) is 15.4. The number of hydrogen-bond acceptors (Lipinski definition) is 4. The van der Waals surface area contributed by atoms with Crippen molar-refractivity contribution in [3.05, 3.63) is 66.1 Å². The molecule has 1 saturated heterocycles. The molecule has 1 fully saturated rings. The number of aromatic nitrogens is 3. The van der Waals surface area contributed by atoms with Crippen molar-refractivity contribution >= 4 is 0 Å². The van der Waals surface area contributed by atoms with Crippen LogP contribution in [0.1, 0.15) is 24.4 Å². The maximum Gasteiger partial charge on any atom is 0.129 e. The first-order valence-corrected chi connectivity index (χ1v) is 9.26. The van der Waals surface area contributed by atoms with Gasteiger partial charge in [-0.05, 0) is 56.3 Å². The summed E-state index contributed by atoms with van der Waals surface area (Å²) in [7, 11) is 2.14. The Labute approximate surface area is 158 Å². The Kier molecular flexibility index (Phi) is 5.16. The number of halogens is 1. The van der Waals surface area contributed by atoms with Crippen molar-refractivity contribution in [2.45, 2.75) is 25.5 Å². The van der Waals surface area contributed by atoms with Crippen LogP contribution in [0, 0.1) is 5.82 Å². The second-order valence-electron chi connectivity index (χ2n) is 7.06. The Morgan fingerprint density at radius 1 is 1.19 bits per heavy atom. The van der Waals surface area contributed by atoms with E-state index >= 15 is 0 Å². The highest BCUT2D eigenvalue weighted by atomic mass is 19.1. The number of para-hydroxylation sites is 1. The minimum absolute atomic E-state index is 0.259. The Hall–Kier alpha value is -2.73. The van der Waals surface area contributed by atoms with Gasteiger partial charge in [-0.2, -0.15) is 0 Å². The van der Waals surface area contributed by atoms with Gasteiger partial charge >= 0.3 is 0 Å². The van der Waals surface area contributed by atoms with Crippen molar-refractivity contribution < 1.29 is 9.13 Å². The molecule has 6 heteroatoms. The summed E-state index contributed by atoms with van der Waals surface area (Å²) in [5.74, 6) is 0.458. The van der Waals surface area contributed by atoms with Crippen molar-refractivity contribution in [2.75, 3.05) is 20.1 Å². The summed E-state index contributed by atoms with van der Waals surface area (Å²) in [4.78, 5) is 2.32. The maximum absolute atomic E-state index is 13.4. The summed E-state index contributed by atoms with van der Waals surface area (Å²) >= 11 is 0. The summed E-state index contributed by atoms with van der Waals surface area (Å²) in [5, 5.41) is 8.73. The zero-order chi connectivity index (χ0) is 18.6. The highest BCUT2D eigenvalue weighted by molar-refractivity contribution is 5.66. The average Bonchev–Trinajstić information content (AvgIpc) is 3.17. The Balaban J connectivity index is 1.52. The molecule has 0 N–H and O–H groups in total. The topological polar surface area (TPSA) is 43.2 Å². The molecule has 0 saturated carbocycles. The average molecular weight is 366 g/mol. The second-order valence-corrected chi connectivity index (χ2v) is 7.06. The van der Waals surface area contributed by atoms with Crippen molar-refractivity contribution in [1.82, 2.24) is 19.9 Å². The van der Waals surface area contributed by atoms with Crippen LogP contribution in [0.3, 0.4) is 0 Å². The largest absolute Gasteiger partial charge is 0.488 e. The van der Waals surface area contributed by atoms with Crippen LogP contribution in [0.15, 0.2) is 54.7 Å². The molecule has 1 aliphatic heterocycles. The molecular formula is C21H23FN4O. The van der Waals surface area contributed by atoms with E-state index in [2.05, 4.69) is 22.3 Å². The summed E-state index contributed by atoms with van der Waals surface area (Å²) in [6.07, 6.45) is 4.28. The third-order valence-electron chi connectivity index (χ3n) is 4.93. The first kappa shape index (κ1) is 17.7. The van der Waals surface area contributed by atoms with E-state index in [0.717, 1.165) is 42.1 Å². The van der Waals surface area contributed by atoms with E-state index in [9.17, 15) is 4.39 Å². The van der Waals surface area contributed by atoms with Gasteiger partial charge in [-0.3, -0.25) is 0 Å². The lowest BCUT2D eigenvalue weighted by Crippen LogP contribution is -2.33. The molecule has 27 heavy (non-hydrogen) atoms. The van der Waals surface area contributed by atoms with Crippen LogP contribution >= 0.6 is 0 Å². The van der Waals surface area contributed by atoms with Crippen LogP contribution in [0.2, 0.25) is 0 Å². The first-order valence-electron chi connectivity index (χ1n) is 9.26. The minimum Gasteiger partial charge on any atom is -0.488 e. The Morgan fingerprint density at radius 3 is 2.93 bits per heavy atom. The van der Waals surface area contributed by atoms with Crippen LogP contribution in [0.5, 0.6) is 5.75 Å². The van der Waals surface area contributed by atoms with E-state index in [1.54, 1.807) is 6.07 Å². The molecule has 1 unspecified atom stereocenters. The summed E-state index contributed by atoms with van der Waals surface area (Å²) < 4.78 is 21.3. The quantitative estimate of drug-likeness (QED) is 0.686. The van der Waals surface area contributed by atoms with Crippen LogP contribution in [-0.4, -0.2) is 40.0 Å². The fourth-order valence-electron chi connectivity index (χ4n) is 3.53. The highest BCUT2D eigenvalue weighted by Gasteiger charge is 2.21. The molecule has 4 rings (SSSR count). The molecule has 0 spiro atoms. The Bertz CT molecular complexity index is 910. The van der Waals surface area contributed by atoms with E-state index in [4.69, 9.17) is 4.74 Å². The van der Waals surface area contributed by atoms with Gasteiger partial charge in [-0.15, -0.1) is 5.10 Å². The molecule has 2 aromatic carbocycles. The molecule has 0 bridgehead atoms. The standard InChI is InChI=1S/C21H23FN4O/c1-25-11-5-8-18(13-25)26-14-20(23-24-26)19-9-2-3-10-21(19)27-15-16-6-4-7-17(22)12-16/h2-4,6-7,9-10,12,14,18H,5,8,11,13,15H2,1H3. The molecule has 5 nitrogen and oxygen atoms in total. The normalized spacial score (nSPS) is 17.8. The van der Waals surface area contributed by atoms with Crippen molar-refractivity contribution in [1.29, 1.82) is 0 Å². The highest BCUT2D eigenvalue weighted by Crippen LogP contribution is 2.30.